The molecule has 0 fully saturated rings. The lowest BCUT2D eigenvalue weighted by Gasteiger charge is -2.18. The second-order valence-corrected chi connectivity index (χ2v) is 7.61. The largest absolute Gasteiger partial charge is 0.260 e. The minimum absolute atomic E-state index is 0.213. The standard InChI is InChI=1S/C14H11N3O2S2/c15-9-11-3-4-13-12(8-11)10-17(6-5-16-13)21(18,19)14-2-1-7-20-14/h1-5,7-8H,6,10H2. The van der Waals surface area contributed by atoms with Crippen LogP contribution in [0.15, 0.2) is 44.9 Å². The van der Waals surface area contributed by atoms with E-state index in [0.717, 1.165) is 5.56 Å². The number of sulfonamides is 1. The van der Waals surface area contributed by atoms with Crippen LogP contribution >= 0.6 is 11.3 Å². The number of fused-ring (bicyclic) bond motifs is 1. The highest BCUT2D eigenvalue weighted by Gasteiger charge is 2.26. The predicted molar refractivity (Wildman–Crippen MR) is 81.2 cm³/mol. The molecule has 1 aromatic heterocycles. The molecule has 0 bridgehead atoms. The molecule has 106 valence electrons. The van der Waals surface area contributed by atoms with Crippen molar-refractivity contribution in [3.63, 3.8) is 0 Å². The first-order chi connectivity index (χ1) is 10.1. The Hall–Kier alpha value is -2.01. The van der Waals surface area contributed by atoms with E-state index in [1.54, 1.807) is 41.9 Å². The van der Waals surface area contributed by atoms with Crippen LogP contribution in [-0.2, 0) is 16.6 Å². The van der Waals surface area contributed by atoms with E-state index in [9.17, 15) is 8.42 Å². The van der Waals surface area contributed by atoms with Crippen molar-refractivity contribution in [1.82, 2.24) is 4.31 Å². The fourth-order valence-corrected chi connectivity index (χ4v) is 4.61. The van der Waals surface area contributed by atoms with Crippen LogP contribution in [0.1, 0.15) is 11.1 Å². The van der Waals surface area contributed by atoms with Crippen LogP contribution in [0.3, 0.4) is 0 Å². The van der Waals surface area contributed by atoms with Crippen molar-refractivity contribution in [2.75, 3.05) is 6.54 Å². The predicted octanol–water partition coefficient (Wildman–Crippen LogP) is 2.53. The lowest BCUT2D eigenvalue weighted by molar-refractivity contribution is 0.452. The molecule has 2 heterocycles. The van der Waals surface area contributed by atoms with Gasteiger partial charge >= 0.3 is 0 Å². The van der Waals surface area contributed by atoms with Gasteiger partial charge in [-0.25, -0.2) is 8.42 Å². The van der Waals surface area contributed by atoms with Crippen LogP contribution in [0.5, 0.6) is 0 Å². The molecule has 1 aliphatic rings. The summed E-state index contributed by atoms with van der Waals surface area (Å²) >= 11 is 1.19. The molecule has 0 unspecified atom stereocenters. The van der Waals surface area contributed by atoms with Gasteiger partial charge in [0.25, 0.3) is 10.0 Å². The Bertz CT molecular complexity index is 834. The van der Waals surface area contributed by atoms with Crippen molar-refractivity contribution < 1.29 is 8.42 Å². The van der Waals surface area contributed by atoms with Gasteiger partial charge in [0.1, 0.15) is 4.21 Å². The maximum absolute atomic E-state index is 12.6. The van der Waals surface area contributed by atoms with Gasteiger partial charge in [0.15, 0.2) is 0 Å². The van der Waals surface area contributed by atoms with Gasteiger partial charge in [-0.15, -0.1) is 11.3 Å². The number of hydrogen-bond donors (Lipinski definition) is 0. The molecule has 3 rings (SSSR count). The third-order valence-corrected chi connectivity index (χ3v) is 6.34. The zero-order valence-corrected chi connectivity index (χ0v) is 12.6. The summed E-state index contributed by atoms with van der Waals surface area (Å²) in [5, 5.41) is 10.7. The summed E-state index contributed by atoms with van der Waals surface area (Å²) < 4.78 is 26.8. The average molecular weight is 317 g/mol. The van der Waals surface area contributed by atoms with E-state index in [0.29, 0.717) is 15.5 Å². The van der Waals surface area contributed by atoms with Crippen LogP contribution < -0.4 is 0 Å². The van der Waals surface area contributed by atoms with Crippen molar-refractivity contribution in [3.05, 3.63) is 46.8 Å². The number of thiophene rings is 1. The third kappa shape index (κ3) is 2.61. The molecular weight excluding hydrogens is 306 g/mol. The topological polar surface area (TPSA) is 73.5 Å². The lowest BCUT2D eigenvalue weighted by Crippen LogP contribution is -2.31. The Labute approximate surface area is 126 Å². The van der Waals surface area contributed by atoms with Gasteiger partial charge in [-0.1, -0.05) is 6.07 Å². The van der Waals surface area contributed by atoms with Crippen molar-refractivity contribution in [2.45, 2.75) is 10.8 Å². The van der Waals surface area contributed by atoms with Crippen LogP contribution in [0.25, 0.3) is 0 Å². The summed E-state index contributed by atoms with van der Waals surface area (Å²) in [6, 6.07) is 10.5. The van der Waals surface area contributed by atoms with Gasteiger partial charge in [-0.05, 0) is 35.2 Å². The third-order valence-electron chi connectivity index (χ3n) is 3.16. The minimum atomic E-state index is -3.53. The van der Waals surface area contributed by atoms with E-state index in [4.69, 9.17) is 5.26 Å². The van der Waals surface area contributed by atoms with E-state index in [-0.39, 0.29) is 13.1 Å². The number of nitrogens with zero attached hydrogens (tertiary/aromatic N) is 3. The number of hydrogen-bond acceptors (Lipinski definition) is 5. The fraction of sp³-hybridized carbons (Fsp3) is 0.143. The summed E-state index contributed by atoms with van der Waals surface area (Å²) in [5.41, 5.74) is 1.94. The van der Waals surface area contributed by atoms with Gasteiger partial charge in [0.05, 0.1) is 17.3 Å². The van der Waals surface area contributed by atoms with Crippen LogP contribution in [0, 0.1) is 11.3 Å². The average Bonchev–Trinajstić information content (AvgIpc) is 2.94. The SMILES string of the molecule is N#Cc1ccc2c(c1)CN(S(=O)(=O)c1cccs1)CC=N2. The Morgan fingerprint density at radius 1 is 1.33 bits per heavy atom. The Balaban J connectivity index is 2.01. The second-order valence-electron chi connectivity index (χ2n) is 4.50. The van der Waals surface area contributed by atoms with E-state index in [1.165, 1.54) is 15.6 Å². The first kappa shape index (κ1) is 13.9. The van der Waals surface area contributed by atoms with Crippen molar-refractivity contribution >= 4 is 33.3 Å². The molecule has 0 amide bonds. The molecule has 0 atom stereocenters. The van der Waals surface area contributed by atoms with Crippen molar-refractivity contribution in [3.8, 4) is 6.07 Å². The Kier molecular flexibility index (Phi) is 3.59. The Morgan fingerprint density at radius 3 is 2.90 bits per heavy atom. The monoisotopic (exact) mass is 317 g/mol. The highest BCUT2D eigenvalue weighted by Crippen LogP contribution is 2.28. The lowest BCUT2D eigenvalue weighted by atomic mass is 10.1. The molecular formula is C14H11N3O2S2. The van der Waals surface area contributed by atoms with Crippen LogP contribution in [0.4, 0.5) is 5.69 Å². The maximum atomic E-state index is 12.6. The van der Waals surface area contributed by atoms with Gasteiger partial charge in [0, 0.05) is 19.3 Å². The van der Waals surface area contributed by atoms with Gasteiger partial charge < -0.3 is 0 Å². The normalized spacial score (nSPS) is 15.2. The molecule has 2 aromatic rings. The molecule has 1 aliphatic heterocycles. The van der Waals surface area contributed by atoms with Crippen LogP contribution in [-0.4, -0.2) is 25.5 Å². The van der Waals surface area contributed by atoms with E-state index in [2.05, 4.69) is 11.1 Å². The second kappa shape index (κ2) is 5.41. The summed E-state index contributed by atoms with van der Waals surface area (Å²) in [5.74, 6) is 0. The molecule has 1 aromatic carbocycles. The molecule has 21 heavy (non-hydrogen) atoms. The minimum Gasteiger partial charge on any atom is -0.260 e. The zero-order valence-electron chi connectivity index (χ0n) is 10.9. The van der Waals surface area contributed by atoms with Gasteiger partial charge in [-0.3, -0.25) is 4.99 Å². The summed E-state index contributed by atoms with van der Waals surface area (Å²) in [4.78, 5) is 4.27. The highest BCUT2D eigenvalue weighted by atomic mass is 32.2. The molecule has 5 nitrogen and oxygen atoms in total. The zero-order chi connectivity index (χ0) is 14.9. The summed E-state index contributed by atoms with van der Waals surface area (Å²) in [6.45, 7) is 0.432. The smallest absolute Gasteiger partial charge is 0.253 e. The van der Waals surface area contributed by atoms with E-state index >= 15 is 0 Å². The first-order valence-corrected chi connectivity index (χ1v) is 8.52. The van der Waals surface area contributed by atoms with E-state index < -0.39 is 10.0 Å². The summed E-state index contributed by atoms with van der Waals surface area (Å²) in [6.07, 6.45) is 1.59. The Morgan fingerprint density at radius 2 is 2.19 bits per heavy atom. The quantitative estimate of drug-likeness (QED) is 0.854. The molecule has 7 heteroatoms. The highest BCUT2D eigenvalue weighted by molar-refractivity contribution is 7.91. The number of nitriles is 1. The van der Waals surface area contributed by atoms with Gasteiger partial charge in [0.2, 0.25) is 0 Å². The fourth-order valence-electron chi connectivity index (χ4n) is 2.11. The number of rotatable bonds is 2. The molecule has 0 saturated carbocycles. The van der Waals surface area contributed by atoms with Gasteiger partial charge in [-0.2, -0.15) is 9.57 Å². The molecule has 0 N–H and O–H groups in total. The van der Waals surface area contributed by atoms with E-state index in [1.807, 2.05) is 0 Å². The molecule has 0 saturated heterocycles. The van der Waals surface area contributed by atoms with Crippen molar-refractivity contribution in [1.29, 1.82) is 5.26 Å². The summed E-state index contributed by atoms with van der Waals surface area (Å²) in [7, 11) is -3.53. The van der Waals surface area contributed by atoms with Crippen LogP contribution in [0.2, 0.25) is 0 Å². The number of aliphatic imine (C=N–C) groups is 1. The van der Waals surface area contributed by atoms with Crippen molar-refractivity contribution in [2.24, 2.45) is 4.99 Å². The molecule has 0 aliphatic carbocycles. The first-order valence-electron chi connectivity index (χ1n) is 6.20. The molecule has 0 radical (unpaired) electrons. The maximum Gasteiger partial charge on any atom is 0.253 e. The number of benzene rings is 1. The molecule has 0 spiro atoms.